The van der Waals surface area contributed by atoms with E-state index in [1.807, 2.05) is 97.1 Å². The predicted molar refractivity (Wildman–Crippen MR) is 194 cm³/mol. The lowest BCUT2D eigenvalue weighted by Gasteiger charge is -2.27. The van der Waals surface area contributed by atoms with Crippen LogP contribution < -0.4 is 14.2 Å². The van der Waals surface area contributed by atoms with Crippen LogP contribution in [0, 0.1) is 45.3 Å². The molecule has 7 aromatic carbocycles. The molecule has 0 heterocycles. The van der Waals surface area contributed by atoms with Gasteiger partial charge in [-0.25, -0.2) is 0 Å². The summed E-state index contributed by atoms with van der Waals surface area (Å²) >= 11 is 0. The third-order valence-electron chi connectivity index (χ3n) is 8.84. The predicted octanol–water partition coefficient (Wildman–Crippen LogP) is 10.3. The molecular weight excluding hydrogens is 633 g/mol. The number of ether oxygens (including phenoxy) is 3. The van der Waals surface area contributed by atoms with E-state index in [0.717, 1.165) is 38.2 Å². The number of nitrogens with zero attached hydrogens (tertiary/aromatic N) is 4. The van der Waals surface area contributed by atoms with E-state index in [2.05, 4.69) is 24.3 Å². The van der Waals surface area contributed by atoms with Crippen LogP contribution in [0.5, 0.6) is 28.7 Å². The Morgan fingerprint density at radius 1 is 0.451 bits per heavy atom. The second-order valence-electron chi connectivity index (χ2n) is 11.6. The van der Waals surface area contributed by atoms with Gasteiger partial charge < -0.3 is 14.2 Å². The molecule has 0 aliphatic carbocycles. The first kappa shape index (κ1) is 32.0. The van der Waals surface area contributed by atoms with Gasteiger partial charge in [0.15, 0.2) is 0 Å². The Labute approximate surface area is 294 Å². The Balaban J connectivity index is 1.57. The maximum absolute atomic E-state index is 10.1. The van der Waals surface area contributed by atoms with Crippen molar-refractivity contribution in [3.05, 3.63) is 172 Å². The van der Waals surface area contributed by atoms with Crippen LogP contribution in [-0.4, -0.2) is 7.11 Å². The van der Waals surface area contributed by atoms with Crippen molar-refractivity contribution in [1.29, 1.82) is 21.0 Å². The van der Waals surface area contributed by atoms with Gasteiger partial charge in [0.1, 0.15) is 64.2 Å². The molecule has 7 rings (SSSR count). The molecule has 0 fully saturated rings. The zero-order valence-electron chi connectivity index (χ0n) is 27.3. The normalized spacial score (nSPS) is 10.5. The van der Waals surface area contributed by atoms with Gasteiger partial charge in [0.2, 0.25) is 0 Å². The smallest absolute Gasteiger partial charge is 0.146 e. The molecule has 0 aromatic heterocycles. The highest BCUT2D eigenvalue weighted by Gasteiger charge is 2.29. The SMILES string of the molecule is COc1ccc(C(c2c(Oc3cccc(C#N)c3C#N)ccc3ccccc23)c2c(Oc3cccc(C#N)c3C#N)ccc3ccccc23)cc1. The minimum atomic E-state index is -0.549. The van der Waals surface area contributed by atoms with Gasteiger partial charge in [-0.15, -0.1) is 0 Å². The van der Waals surface area contributed by atoms with Crippen molar-refractivity contribution >= 4 is 21.5 Å². The van der Waals surface area contributed by atoms with Crippen molar-refractivity contribution in [2.75, 3.05) is 7.11 Å². The van der Waals surface area contributed by atoms with Crippen molar-refractivity contribution in [3.8, 4) is 53.0 Å². The Kier molecular flexibility index (Phi) is 8.70. The molecule has 0 unspecified atom stereocenters. The average Bonchev–Trinajstić information content (AvgIpc) is 3.19. The van der Waals surface area contributed by atoms with Crippen LogP contribution >= 0.6 is 0 Å². The molecule has 0 saturated heterocycles. The van der Waals surface area contributed by atoms with E-state index in [-0.39, 0.29) is 33.8 Å². The summed E-state index contributed by atoms with van der Waals surface area (Å²) in [5.74, 6) is 1.59. The Bertz CT molecular complexity index is 2480. The summed E-state index contributed by atoms with van der Waals surface area (Å²) in [4.78, 5) is 0. The summed E-state index contributed by atoms with van der Waals surface area (Å²) in [5.41, 5.74) is 3.15. The van der Waals surface area contributed by atoms with E-state index >= 15 is 0 Å². The van der Waals surface area contributed by atoms with Gasteiger partial charge in [0.05, 0.1) is 18.2 Å². The fourth-order valence-corrected chi connectivity index (χ4v) is 6.49. The molecule has 0 N–H and O–H groups in total. The van der Waals surface area contributed by atoms with Gasteiger partial charge in [-0.2, -0.15) is 21.0 Å². The van der Waals surface area contributed by atoms with Crippen LogP contribution in [0.25, 0.3) is 21.5 Å². The molecule has 0 atom stereocenters. The van der Waals surface area contributed by atoms with E-state index in [1.165, 1.54) is 0 Å². The number of nitriles is 4. The van der Waals surface area contributed by atoms with Crippen molar-refractivity contribution < 1.29 is 14.2 Å². The standard InChI is InChI=1S/C44H26N4O3/c1-49-33-20-16-30(17-21-33)42(43-34-12-4-2-8-28(34)18-22-40(43)50-38-14-6-10-31(24-45)36(38)26-47)44-35-13-5-3-9-29(35)19-23-41(44)51-39-15-7-11-32(25-46)37(39)27-48/h2-23,42H,1H3. The third kappa shape index (κ3) is 5.90. The second kappa shape index (κ2) is 13.9. The van der Waals surface area contributed by atoms with Gasteiger partial charge in [0, 0.05) is 17.0 Å². The van der Waals surface area contributed by atoms with Crippen LogP contribution in [0.3, 0.4) is 0 Å². The van der Waals surface area contributed by atoms with E-state index in [0.29, 0.717) is 17.2 Å². The lowest BCUT2D eigenvalue weighted by molar-refractivity contribution is 0.414. The van der Waals surface area contributed by atoms with Crippen molar-refractivity contribution in [1.82, 2.24) is 0 Å². The first-order valence-electron chi connectivity index (χ1n) is 16.0. The van der Waals surface area contributed by atoms with Gasteiger partial charge in [-0.05, 0) is 75.6 Å². The monoisotopic (exact) mass is 658 g/mol. The molecule has 0 saturated carbocycles. The van der Waals surface area contributed by atoms with Crippen LogP contribution in [0.2, 0.25) is 0 Å². The van der Waals surface area contributed by atoms with Gasteiger partial charge in [0.25, 0.3) is 0 Å². The highest BCUT2D eigenvalue weighted by Crippen LogP contribution is 2.49. The van der Waals surface area contributed by atoms with Gasteiger partial charge >= 0.3 is 0 Å². The van der Waals surface area contributed by atoms with Gasteiger partial charge in [-0.3, -0.25) is 0 Å². The van der Waals surface area contributed by atoms with E-state index in [1.54, 1.807) is 43.5 Å². The minimum Gasteiger partial charge on any atom is -0.497 e. The van der Waals surface area contributed by atoms with Crippen LogP contribution in [-0.2, 0) is 0 Å². The first-order valence-corrected chi connectivity index (χ1v) is 16.0. The molecule has 0 aliphatic heterocycles. The summed E-state index contributed by atoms with van der Waals surface area (Å²) in [5, 5.41) is 43.4. The average molecular weight is 659 g/mol. The van der Waals surface area contributed by atoms with E-state index in [4.69, 9.17) is 14.2 Å². The zero-order valence-corrected chi connectivity index (χ0v) is 27.3. The molecule has 0 radical (unpaired) electrons. The number of hydrogen-bond acceptors (Lipinski definition) is 7. The topological polar surface area (TPSA) is 123 Å². The maximum Gasteiger partial charge on any atom is 0.146 e. The molecule has 7 heteroatoms. The fourth-order valence-electron chi connectivity index (χ4n) is 6.49. The van der Waals surface area contributed by atoms with Crippen molar-refractivity contribution in [2.45, 2.75) is 5.92 Å². The largest absolute Gasteiger partial charge is 0.497 e. The third-order valence-corrected chi connectivity index (χ3v) is 8.84. The molecule has 0 spiro atoms. The van der Waals surface area contributed by atoms with E-state index < -0.39 is 5.92 Å². The quantitative estimate of drug-likeness (QED) is 0.149. The lowest BCUT2D eigenvalue weighted by atomic mass is 9.79. The number of benzene rings is 7. The fraction of sp³-hybridized carbons (Fsp3) is 0.0455. The summed E-state index contributed by atoms with van der Waals surface area (Å²) in [6, 6.07) is 49.8. The van der Waals surface area contributed by atoms with Gasteiger partial charge in [-0.1, -0.05) is 84.9 Å². The lowest BCUT2D eigenvalue weighted by Crippen LogP contribution is -2.09. The molecule has 0 bridgehead atoms. The maximum atomic E-state index is 10.1. The number of hydrogen-bond donors (Lipinski definition) is 0. The Morgan fingerprint density at radius 2 is 0.922 bits per heavy atom. The number of rotatable bonds is 8. The molecule has 240 valence electrons. The Hall–Kier alpha value is -7.58. The van der Waals surface area contributed by atoms with Crippen LogP contribution in [0.4, 0.5) is 0 Å². The molecule has 51 heavy (non-hydrogen) atoms. The highest BCUT2D eigenvalue weighted by molar-refractivity contribution is 5.94. The Morgan fingerprint density at radius 3 is 1.35 bits per heavy atom. The molecular formula is C44H26N4O3. The summed E-state index contributed by atoms with van der Waals surface area (Å²) in [6.45, 7) is 0. The number of methoxy groups -OCH3 is 1. The summed E-state index contributed by atoms with van der Waals surface area (Å²) in [7, 11) is 1.62. The molecule has 0 aliphatic rings. The summed E-state index contributed by atoms with van der Waals surface area (Å²) < 4.78 is 18.9. The molecule has 7 aromatic rings. The second-order valence-corrected chi connectivity index (χ2v) is 11.6. The first-order chi connectivity index (χ1) is 25.1. The molecule has 7 nitrogen and oxygen atoms in total. The highest BCUT2D eigenvalue weighted by atomic mass is 16.5. The summed E-state index contributed by atoms with van der Waals surface area (Å²) in [6.07, 6.45) is 0. The molecule has 0 amide bonds. The van der Waals surface area contributed by atoms with Crippen LogP contribution in [0.1, 0.15) is 44.9 Å². The van der Waals surface area contributed by atoms with Crippen molar-refractivity contribution in [2.24, 2.45) is 0 Å². The van der Waals surface area contributed by atoms with E-state index in [9.17, 15) is 21.0 Å². The number of fused-ring (bicyclic) bond motifs is 2. The zero-order chi connectivity index (χ0) is 35.3. The van der Waals surface area contributed by atoms with Crippen LogP contribution in [0.15, 0.2) is 133 Å². The van der Waals surface area contributed by atoms with Crippen molar-refractivity contribution in [3.63, 3.8) is 0 Å². The minimum absolute atomic E-state index is 0.135.